The monoisotopic (exact) mass is 434 g/mol. The smallest absolute Gasteiger partial charge is 0.269 e. The Hall–Kier alpha value is -3.28. The van der Waals surface area contributed by atoms with E-state index >= 15 is 0 Å². The van der Waals surface area contributed by atoms with Crippen LogP contribution in [0.3, 0.4) is 0 Å². The van der Waals surface area contributed by atoms with Crippen LogP contribution in [0, 0.1) is 13.8 Å². The molecule has 0 aliphatic carbocycles. The van der Waals surface area contributed by atoms with Gasteiger partial charge in [-0.05, 0) is 49.9 Å². The highest BCUT2D eigenvalue weighted by Gasteiger charge is 2.19. The number of rotatable bonds is 0. The molecular weight excluding hydrogens is 404 g/mol. The zero-order chi connectivity index (χ0) is 23.1. The minimum atomic E-state index is -0.496. The van der Waals surface area contributed by atoms with E-state index in [-0.39, 0.29) is 11.6 Å². The second kappa shape index (κ2) is 10.8. The van der Waals surface area contributed by atoms with Crippen LogP contribution in [0.15, 0.2) is 36.4 Å². The number of carbonyl (C=O) groups is 4. The average molecular weight is 435 g/mol. The molecular formula is C26H30N2O4. The Kier molecular flexibility index (Phi) is 7.92. The lowest BCUT2D eigenvalue weighted by molar-refractivity contribution is 0.0845. The van der Waals surface area contributed by atoms with Crippen molar-refractivity contribution in [2.24, 2.45) is 0 Å². The lowest BCUT2D eigenvalue weighted by Crippen LogP contribution is -2.42. The summed E-state index contributed by atoms with van der Waals surface area (Å²) in [4.78, 5) is 50.7. The molecule has 2 aromatic carbocycles. The summed E-state index contributed by atoms with van der Waals surface area (Å²) in [6.07, 6.45) is 6.46. The average Bonchev–Trinajstić information content (AvgIpc) is 2.78. The van der Waals surface area contributed by atoms with Gasteiger partial charge in [0, 0.05) is 35.1 Å². The van der Waals surface area contributed by atoms with Crippen LogP contribution in [0.25, 0.3) is 0 Å². The highest BCUT2D eigenvalue weighted by molar-refractivity contribution is 6.05. The number of hydrazine groups is 1. The Morgan fingerprint density at radius 1 is 0.531 bits per heavy atom. The molecule has 2 aromatic rings. The minimum Gasteiger partial charge on any atom is -0.294 e. The van der Waals surface area contributed by atoms with Gasteiger partial charge in [0.1, 0.15) is 0 Å². The first-order valence-electron chi connectivity index (χ1n) is 11.3. The Balaban J connectivity index is 1.86. The van der Waals surface area contributed by atoms with E-state index in [0.29, 0.717) is 46.2 Å². The van der Waals surface area contributed by atoms with Gasteiger partial charge < -0.3 is 0 Å². The summed E-state index contributed by atoms with van der Waals surface area (Å²) in [5.74, 6) is -0.947. The third-order valence-electron chi connectivity index (χ3n) is 6.10. The highest BCUT2D eigenvalue weighted by Crippen LogP contribution is 2.20. The van der Waals surface area contributed by atoms with Crippen molar-refractivity contribution in [3.63, 3.8) is 0 Å². The van der Waals surface area contributed by atoms with Crippen molar-refractivity contribution >= 4 is 23.4 Å². The Labute approximate surface area is 188 Å². The second-order valence-electron chi connectivity index (χ2n) is 8.33. The number of hydrogen-bond donors (Lipinski definition) is 2. The van der Waals surface area contributed by atoms with Crippen molar-refractivity contribution in [1.29, 1.82) is 0 Å². The van der Waals surface area contributed by atoms with E-state index in [4.69, 9.17) is 0 Å². The van der Waals surface area contributed by atoms with Gasteiger partial charge in [0.05, 0.1) is 0 Å². The number of benzene rings is 2. The van der Waals surface area contributed by atoms with Gasteiger partial charge in [-0.3, -0.25) is 30.0 Å². The Bertz CT molecular complexity index is 959. The predicted molar refractivity (Wildman–Crippen MR) is 123 cm³/mol. The van der Waals surface area contributed by atoms with Crippen molar-refractivity contribution < 1.29 is 19.2 Å². The number of Topliss-reactive ketones (excluding diaryl/α,β-unsaturated/α-hetero) is 2. The maximum atomic E-state index is 12.7. The summed E-state index contributed by atoms with van der Waals surface area (Å²) in [5, 5.41) is 0. The molecule has 3 rings (SSSR count). The van der Waals surface area contributed by atoms with Gasteiger partial charge in [-0.2, -0.15) is 0 Å². The number of ketones is 2. The topological polar surface area (TPSA) is 92.3 Å². The molecule has 0 unspecified atom stereocenters. The molecule has 1 aliphatic heterocycles. The summed E-state index contributed by atoms with van der Waals surface area (Å²) >= 11 is 0. The van der Waals surface area contributed by atoms with Crippen molar-refractivity contribution in [3.05, 3.63) is 69.8 Å². The van der Waals surface area contributed by atoms with Crippen molar-refractivity contribution in [2.75, 3.05) is 0 Å². The summed E-state index contributed by atoms with van der Waals surface area (Å²) in [6, 6.07) is 10.1. The van der Waals surface area contributed by atoms with Crippen LogP contribution in [-0.4, -0.2) is 23.4 Å². The van der Waals surface area contributed by atoms with Gasteiger partial charge in [-0.25, -0.2) is 0 Å². The number of carbonyl (C=O) groups excluding carboxylic acids is 4. The molecule has 6 heteroatoms. The molecule has 0 spiro atoms. The van der Waals surface area contributed by atoms with E-state index in [9.17, 15) is 19.2 Å². The van der Waals surface area contributed by atoms with E-state index in [1.807, 2.05) is 0 Å². The molecule has 2 N–H and O–H groups in total. The molecule has 1 heterocycles. The third-order valence-corrected chi connectivity index (χ3v) is 6.10. The number of hydrogen-bond acceptors (Lipinski definition) is 4. The molecule has 0 aromatic heterocycles. The number of amides is 2. The highest BCUT2D eigenvalue weighted by atomic mass is 16.2. The van der Waals surface area contributed by atoms with E-state index in [2.05, 4.69) is 10.9 Å². The SMILES string of the molecule is Cc1c2cccc1C(=O)NNC(=O)c1cccc(c1C)C(=O)CCCCCCCCC2=O. The van der Waals surface area contributed by atoms with Crippen molar-refractivity contribution in [1.82, 2.24) is 10.9 Å². The standard InChI is InChI=1S/C26H30N2O4/c1-17-19-11-9-13-21(17)25(31)27-28-26(32)22-14-10-12-20(18(22)2)24(30)16-8-6-4-3-5-7-15-23(19)29/h9-14H,3-8,15-16H2,1-2H3,(H,27,31)(H,28,32). The van der Waals surface area contributed by atoms with Gasteiger partial charge in [0.2, 0.25) is 0 Å². The quantitative estimate of drug-likeness (QED) is 0.618. The lowest BCUT2D eigenvalue weighted by atomic mass is 9.95. The van der Waals surface area contributed by atoms with Gasteiger partial charge in [-0.15, -0.1) is 0 Å². The van der Waals surface area contributed by atoms with E-state index < -0.39 is 11.8 Å². The molecule has 1 aliphatic rings. The van der Waals surface area contributed by atoms with Crippen LogP contribution in [0.4, 0.5) is 0 Å². The normalized spacial score (nSPS) is 16.8. The molecule has 0 atom stereocenters. The van der Waals surface area contributed by atoms with Gasteiger partial charge in [-0.1, -0.05) is 49.9 Å². The maximum absolute atomic E-state index is 12.7. The molecule has 168 valence electrons. The fourth-order valence-electron chi connectivity index (χ4n) is 4.16. The van der Waals surface area contributed by atoms with Gasteiger partial charge in [0.15, 0.2) is 11.6 Å². The van der Waals surface area contributed by atoms with E-state index in [0.717, 1.165) is 38.5 Å². The molecule has 0 saturated heterocycles. The van der Waals surface area contributed by atoms with Crippen LogP contribution in [0.1, 0.15) is 104 Å². The summed E-state index contributed by atoms with van der Waals surface area (Å²) in [6.45, 7) is 3.49. The van der Waals surface area contributed by atoms with E-state index in [1.165, 1.54) is 0 Å². The third kappa shape index (κ3) is 5.49. The first-order chi connectivity index (χ1) is 15.4. The zero-order valence-electron chi connectivity index (χ0n) is 18.8. The molecule has 2 amide bonds. The molecule has 6 nitrogen and oxygen atoms in total. The lowest BCUT2D eigenvalue weighted by Gasteiger charge is -2.14. The summed E-state index contributed by atoms with van der Waals surface area (Å²) in [7, 11) is 0. The van der Waals surface area contributed by atoms with Crippen LogP contribution >= 0.6 is 0 Å². The predicted octanol–water partition coefficient (Wildman–Crippen LogP) is 4.88. The van der Waals surface area contributed by atoms with E-state index in [1.54, 1.807) is 50.2 Å². The summed E-state index contributed by atoms with van der Waals surface area (Å²) < 4.78 is 0. The maximum Gasteiger partial charge on any atom is 0.269 e. The van der Waals surface area contributed by atoms with Crippen molar-refractivity contribution in [3.8, 4) is 0 Å². The van der Waals surface area contributed by atoms with Crippen LogP contribution in [0.5, 0.6) is 0 Å². The largest absolute Gasteiger partial charge is 0.294 e. The molecule has 0 saturated carbocycles. The molecule has 32 heavy (non-hydrogen) atoms. The number of nitrogens with one attached hydrogen (secondary N) is 2. The molecule has 4 bridgehead atoms. The molecule has 0 radical (unpaired) electrons. The first-order valence-corrected chi connectivity index (χ1v) is 11.3. The van der Waals surface area contributed by atoms with Gasteiger partial charge >= 0.3 is 0 Å². The number of fused-ring (bicyclic) bond motifs is 4. The zero-order valence-corrected chi connectivity index (χ0v) is 18.8. The fraction of sp³-hybridized carbons (Fsp3) is 0.385. The van der Waals surface area contributed by atoms with Crippen LogP contribution in [0.2, 0.25) is 0 Å². The van der Waals surface area contributed by atoms with Crippen LogP contribution < -0.4 is 10.9 Å². The van der Waals surface area contributed by atoms with Crippen molar-refractivity contribution in [2.45, 2.75) is 65.2 Å². The van der Waals surface area contributed by atoms with Crippen LogP contribution in [-0.2, 0) is 0 Å². The minimum absolute atomic E-state index is 0.0219. The Morgan fingerprint density at radius 3 is 1.28 bits per heavy atom. The summed E-state index contributed by atoms with van der Waals surface area (Å²) in [5.41, 5.74) is 7.83. The Morgan fingerprint density at radius 2 is 0.875 bits per heavy atom. The first kappa shape index (κ1) is 23.4. The molecule has 0 fully saturated rings. The van der Waals surface area contributed by atoms with Gasteiger partial charge in [0.25, 0.3) is 11.8 Å². The fourth-order valence-corrected chi connectivity index (χ4v) is 4.16. The second-order valence-corrected chi connectivity index (χ2v) is 8.33.